The van der Waals surface area contributed by atoms with Crippen molar-refractivity contribution in [2.45, 2.75) is 38.8 Å². The number of aryl methyl sites for hydroxylation is 2. The number of aromatic nitrogens is 3. The number of rotatable bonds is 2. The lowest BCUT2D eigenvalue weighted by molar-refractivity contribution is 0.0644. The fourth-order valence-corrected chi connectivity index (χ4v) is 2.43. The van der Waals surface area contributed by atoms with Crippen molar-refractivity contribution in [3.8, 4) is 0 Å². The van der Waals surface area contributed by atoms with E-state index in [4.69, 9.17) is 0 Å². The van der Waals surface area contributed by atoms with Crippen LogP contribution in [-0.4, -0.2) is 19.9 Å². The normalized spacial score (nSPS) is 18.7. The fraction of sp³-hybridized carbons (Fsp3) is 0.429. The summed E-state index contributed by atoms with van der Waals surface area (Å²) in [5.41, 5.74) is 2.50. The van der Waals surface area contributed by atoms with Crippen LogP contribution >= 0.6 is 0 Å². The van der Waals surface area contributed by atoms with Crippen LogP contribution < -0.4 is 0 Å². The Labute approximate surface area is 106 Å². The molecule has 4 heteroatoms. The number of hydrogen-bond acceptors (Lipinski definition) is 3. The number of hydrogen-bond donors (Lipinski definition) is 1. The highest BCUT2D eigenvalue weighted by Crippen LogP contribution is 2.21. The molecule has 0 spiro atoms. The maximum absolute atomic E-state index is 9.86. The van der Waals surface area contributed by atoms with Gasteiger partial charge in [-0.15, -0.1) is 0 Å². The summed E-state index contributed by atoms with van der Waals surface area (Å²) in [5, 5.41) is 14.3. The molecule has 0 radical (unpaired) electrons. The largest absolute Gasteiger partial charge is 0.372 e. The van der Waals surface area contributed by atoms with Gasteiger partial charge in [-0.1, -0.05) is 24.3 Å². The van der Waals surface area contributed by atoms with Crippen LogP contribution in [0, 0.1) is 6.92 Å². The summed E-state index contributed by atoms with van der Waals surface area (Å²) in [6.07, 6.45) is 2.92. The standard InChI is InChI=1S/C14H17N3O/c1-10-5-2-3-6-11(10)9-12-15-13-7-4-8-14(18)17(13)16-12/h2-3,5-6,14,18H,4,7-9H2,1H3. The van der Waals surface area contributed by atoms with Crippen LogP contribution in [0.2, 0.25) is 0 Å². The summed E-state index contributed by atoms with van der Waals surface area (Å²) in [6.45, 7) is 2.10. The predicted molar refractivity (Wildman–Crippen MR) is 68.2 cm³/mol. The van der Waals surface area contributed by atoms with Crippen LogP contribution in [0.25, 0.3) is 0 Å². The second-order valence-electron chi connectivity index (χ2n) is 4.86. The van der Waals surface area contributed by atoms with Crippen LogP contribution in [0.1, 0.15) is 41.8 Å². The lowest BCUT2D eigenvalue weighted by Crippen LogP contribution is -2.18. The zero-order valence-corrected chi connectivity index (χ0v) is 10.5. The molecule has 3 rings (SSSR count). The average molecular weight is 243 g/mol. The van der Waals surface area contributed by atoms with Crippen molar-refractivity contribution in [1.82, 2.24) is 14.8 Å². The molecule has 0 saturated carbocycles. The number of benzene rings is 1. The molecule has 1 aromatic carbocycles. The molecule has 18 heavy (non-hydrogen) atoms. The summed E-state index contributed by atoms with van der Waals surface area (Å²) in [7, 11) is 0. The molecule has 1 N–H and O–H groups in total. The lowest BCUT2D eigenvalue weighted by Gasteiger charge is -2.17. The summed E-state index contributed by atoms with van der Waals surface area (Å²) in [6, 6.07) is 8.27. The van der Waals surface area contributed by atoms with Gasteiger partial charge in [0, 0.05) is 12.8 Å². The zero-order valence-electron chi connectivity index (χ0n) is 10.5. The Morgan fingerprint density at radius 2 is 2.22 bits per heavy atom. The van der Waals surface area contributed by atoms with Crippen LogP contribution in [0.15, 0.2) is 24.3 Å². The van der Waals surface area contributed by atoms with Crippen molar-refractivity contribution in [3.05, 3.63) is 47.0 Å². The molecule has 2 heterocycles. The van der Waals surface area contributed by atoms with Crippen molar-refractivity contribution in [1.29, 1.82) is 0 Å². The summed E-state index contributed by atoms with van der Waals surface area (Å²) >= 11 is 0. The van der Waals surface area contributed by atoms with E-state index in [2.05, 4.69) is 29.1 Å². The fourth-order valence-electron chi connectivity index (χ4n) is 2.43. The minimum Gasteiger partial charge on any atom is -0.372 e. The highest BCUT2D eigenvalue weighted by Gasteiger charge is 2.20. The first-order valence-corrected chi connectivity index (χ1v) is 6.41. The van der Waals surface area contributed by atoms with Gasteiger partial charge < -0.3 is 5.11 Å². The Kier molecular flexibility index (Phi) is 2.88. The van der Waals surface area contributed by atoms with E-state index in [1.807, 2.05) is 12.1 Å². The van der Waals surface area contributed by atoms with E-state index in [0.717, 1.165) is 37.3 Å². The van der Waals surface area contributed by atoms with Crippen molar-refractivity contribution >= 4 is 0 Å². The highest BCUT2D eigenvalue weighted by molar-refractivity contribution is 5.28. The first-order valence-electron chi connectivity index (χ1n) is 6.41. The Balaban J connectivity index is 1.88. The van der Waals surface area contributed by atoms with Gasteiger partial charge in [0.05, 0.1) is 0 Å². The topological polar surface area (TPSA) is 50.9 Å². The number of aliphatic hydroxyl groups excluding tert-OH is 1. The van der Waals surface area contributed by atoms with Gasteiger partial charge in [-0.05, 0) is 30.9 Å². The van der Waals surface area contributed by atoms with Crippen LogP contribution in [0.4, 0.5) is 0 Å². The van der Waals surface area contributed by atoms with Crippen LogP contribution in [0.3, 0.4) is 0 Å². The third-order valence-electron chi connectivity index (χ3n) is 3.50. The molecule has 0 amide bonds. The van der Waals surface area contributed by atoms with E-state index >= 15 is 0 Å². The number of nitrogens with zero attached hydrogens (tertiary/aromatic N) is 3. The summed E-state index contributed by atoms with van der Waals surface area (Å²) < 4.78 is 1.68. The molecule has 1 aliphatic heterocycles. The molecule has 1 aliphatic rings. The molecular weight excluding hydrogens is 226 g/mol. The summed E-state index contributed by atoms with van der Waals surface area (Å²) in [5.74, 6) is 1.72. The minimum atomic E-state index is -0.494. The third-order valence-corrected chi connectivity index (χ3v) is 3.50. The molecule has 0 bridgehead atoms. The first kappa shape index (κ1) is 11.4. The SMILES string of the molecule is Cc1ccccc1Cc1nc2n(n1)C(O)CCC2. The third kappa shape index (κ3) is 2.04. The quantitative estimate of drug-likeness (QED) is 0.877. The molecule has 1 unspecified atom stereocenters. The molecule has 4 nitrogen and oxygen atoms in total. The molecule has 94 valence electrons. The van der Waals surface area contributed by atoms with Gasteiger partial charge in [0.2, 0.25) is 0 Å². The molecule has 1 aromatic heterocycles. The summed E-state index contributed by atoms with van der Waals surface area (Å²) in [4.78, 5) is 4.53. The molecule has 0 fully saturated rings. The minimum absolute atomic E-state index is 0.494. The van der Waals surface area contributed by atoms with Gasteiger partial charge in [0.15, 0.2) is 5.82 Å². The van der Waals surface area contributed by atoms with E-state index in [1.54, 1.807) is 4.68 Å². The lowest BCUT2D eigenvalue weighted by atomic mass is 10.1. The van der Waals surface area contributed by atoms with E-state index in [-0.39, 0.29) is 0 Å². The molecular formula is C14H17N3O. The van der Waals surface area contributed by atoms with Crippen molar-refractivity contribution in [3.63, 3.8) is 0 Å². The number of fused-ring (bicyclic) bond motifs is 1. The maximum atomic E-state index is 9.86. The second-order valence-corrected chi connectivity index (χ2v) is 4.86. The molecule has 0 saturated heterocycles. The highest BCUT2D eigenvalue weighted by atomic mass is 16.3. The van der Waals surface area contributed by atoms with Gasteiger partial charge in [0.25, 0.3) is 0 Å². The second kappa shape index (κ2) is 4.53. The van der Waals surface area contributed by atoms with Gasteiger partial charge in [0.1, 0.15) is 12.1 Å². The Hall–Kier alpha value is -1.68. The van der Waals surface area contributed by atoms with E-state index in [0.29, 0.717) is 0 Å². The predicted octanol–water partition coefficient (Wildman–Crippen LogP) is 2.00. The van der Waals surface area contributed by atoms with Gasteiger partial charge >= 0.3 is 0 Å². The van der Waals surface area contributed by atoms with E-state index < -0.39 is 6.23 Å². The molecule has 0 aliphatic carbocycles. The van der Waals surface area contributed by atoms with E-state index in [1.165, 1.54) is 11.1 Å². The smallest absolute Gasteiger partial charge is 0.155 e. The van der Waals surface area contributed by atoms with Crippen molar-refractivity contribution < 1.29 is 5.11 Å². The monoisotopic (exact) mass is 243 g/mol. The van der Waals surface area contributed by atoms with Gasteiger partial charge in [-0.3, -0.25) is 0 Å². The Morgan fingerprint density at radius 3 is 3.00 bits per heavy atom. The zero-order chi connectivity index (χ0) is 12.5. The van der Waals surface area contributed by atoms with Crippen LogP contribution in [-0.2, 0) is 12.8 Å². The van der Waals surface area contributed by atoms with Gasteiger partial charge in [-0.2, -0.15) is 5.10 Å². The Morgan fingerprint density at radius 1 is 1.39 bits per heavy atom. The average Bonchev–Trinajstić information content (AvgIpc) is 2.76. The number of aliphatic hydroxyl groups is 1. The maximum Gasteiger partial charge on any atom is 0.155 e. The molecule has 1 atom stereocenters. The Bertz CT molecular complexity index is 562. The van der Waals surface area contributed by atoms with E-state index in [9.17, 15) is 5.11 Å². The van der Waals surface area contributed by atoms with Crippen molar-refractivity contribution in [2.75, 3.05) is 0 Å². The first-order chi connectivity index (χ1) is 8.74. The van der Waals surface area contributed by atoms with Crippen molar-refractivity contribution in [2.24, 2.45) is 0 Å². The van der Waals surface area contributed by atoms with Crippen LogP contribution in [0.5, 0.6) is 0 Å². The van der Waals surface area contributed by atoms with Gasteiger partial charge in [-0.25, -0.2) is 9.67 Å². The molecule has 2 aromatic rings.